The van der Waals surface area contributed by atoms with Gasteiger partial charge in [-0.2, -0.15) is 8.78 Å². The minimum absolute atomic E-state index is 0.524. The molecular formula is C6H5F3. The monoisotopic (exact) mass is 134 g/mol. The number of allylic oxidation sites excluding steroid dienone is 3. The van der Waals surface area contributed by atoms with Gasteiger partial charge >= 0.3 is 6.08 Å². The van der Waals surface area contributed by atoms with Gasteiger partial charge < -0.3 is 0 Å². The molecule has 0 rings (SSSR count). The molecular weight excluding hydrogens is 129 g/mol. The second-order valence-electron chi connectivity index (χ2n) is 1.32. The number of hydrogen-bond acceptors (Lipinski definition) is 0. The molecule has 0 fully saturated rings. The Labute approximate surface area is 51.0 Å². The van der Waals surface area contributed by atoms with Gasteiger partial charge in [0.15, 0.2) is 0 Å². The van der Waals surface area contributed by atoms with E-state index < -0.39 is 11.9 Å². The fourth-order valence-electron chi connectivity index (χ4n) is 0.219. The predicted octanol–water partition coefficient (Wildman–Crippen LogP) is 2.80. The minimum Gasteiger partial charge on any atom is -0.212 e. The number of rotatable bonds is 1. The van der Waals surface area contributed by atoms with Crippen molar-refractivity contribution < 1.29 is 13.2 Å². The standard InChI is InChI=1S/C6H5F3/c1-5(7)3-2-4-6(8)9/h2-3H,1H3/b5-3-. The molecule has 0 heterocycles. The topological polar surface area (TPSA) is 0 Å². The third kappa shape index (κ3) is 7.05. The molecule has 0 nitrogen and oxygen atoms in total. The van der Waals surface area contributed by atoms with Gasteiger partial charge in [0, 0.05) is 0 Å². The van der Waals surface area contributed by atoms with E-state index in [4.69, 9.17) is 0 Å². The molecule has 0 radical (unpaired) electrons. The van der Waals surface area contributed by atoms with Crippen molar-refractivity contribution in [3.8, 4) is 0 Å². The highest BCUT2D eigenvalue weighted by Gasteiger charge is 1.78. The fraction of sp³-hybridized carbons (Fsp3) is 0.167. The van der Waals surface area contributed by atoms with Crippen LogP contribution in [-0.2, 0) is 0 Å². The van der Waals surface area contributed by atoms with Gasteiger partial charge in [0.1, 0.15) is 0 Å². The van der Waals surface area contributed by atoms with Crippen LogP contribution < -0.4 is 0 Å². The van der Waals surface area contributed by atoms with Crippen molar-refractivity contribution in [1.82, 2.24) is 0 Å². The van der Waals surface area contributed by atoms with Gasteiger partial charge in [-0.1, -0.05) is 5.73 Å². The van der Waals surface area contributed by atoms with Crippen molar-refractivity contribution in [2.45, 2.75) is 6.92 Å². The largest absolute Gasteiger partial charge is 0.313 e. The SMILES string of the molecule is C/C(F)=C/C=C=C(F)F. The second-order valence-corrected chi connectivity index (χ2v) is 1.32. The van der Waals surface area contributed by atoms with Crippen molar-refractivity contribution in [3.05, 3.63) is 29.8 Å². The summed E-state index contributed by atoms with van der Waals surface area (Å²) in [5.41, 5.74) is 1.52. The van der Waals surface area contributed by atoms with Crippen LogP contribution in [-0.4, -0.2) is 0 Å². The maximum absolute atomic E-state index is 11.7. The summed E-state index contributed by atoms with van der Waals surface area (Å²) in [5.74, 6) is -0.524. The van der Waals surface area contributed by atoms with Gasteiger partial charge in [-0.3, -0.25) is 0 Å². The van der Waals surface area contributed by atoms with E-state index in [-0.39, 0.29) is 0 Å². The molecule has 0 spiro atoms. The van der Waals surface area contributed by atoms with Crippen LogP contribution in [0.15, 0.2) is 29.8 Å². The Morgan fingerprint density at radius 2 is 1.89 bits per heavy atom. The highest BCUT2D eigenvalue weighted by Crippen LogP contribution is 1.95. The predicted molar refractivity (Wildman–Crippen MR) is 28.7 cm³/mol. The lowest BCUT2D eigenvalue weighted by Gasteiger charge is -1.72. The first-order chi connectivity index (χ1) is 4.13. The lowest BCUT2D eigenvalue weighted by atomic mass is 10.5. The zero-order chi connectivity index (χ0) is 7.28. The van der Waals surface area contributed by atoms with Crippen LogP contribution in [0.1, 0.15) is 6.92 Å². The van der Waals surface area contributed by atoms with Crippen molar-refractivity contribution in [2.24, 2.45) is 0 Å². The van der Waals surface area contributed by atoms with E-state index in [1.165, 1.54) is 5.73 Å². The summed E-state index contributed by atoms with van der Waals surface area (Å²) in [6.07, 6.45) is -0.225. The van der Waals surface area contributed by atoms with E-state index in [0.29, 0.717) is 0 Å². The van der Waals surface area contributed by atoms with Gasteiger partial charge in [0.25, 0.3) is 0 Å². The van der Waals surface area contributed by atoms with E-state index in [9.17, 15) is 13.2 Å². The fourth-order valence-corrected chi connectivity index (χ4v) is 0.219. The first-order valence-electron chi connectivity index (χ1n) is 2.23. The molecule has 0 atom stereocenters. The minimum atomic E-state index is -1.95. The molecule has 0 N–H and O–H groups in total. The molecule has 0 aromatic carbocycles. The summed E-state index contributed by atoms with van der Waals surface area (Å²) in [5, 5.41) is 0. The van der Waals surface area contributed by atoms with Crippen LogP contribution in [0.3, 0.4) is 0 Å². The van der Waals surface area contributed by atoms with Crippen molar-refractivity contribution in [3.63, 3.8) is 0 Å². The number of hydrogen-bond donors (Lipinski definition) is 0. The van der Waals surface area contributed by atoms with E-state index >= 15 is 0 Å². The van der Waals surface area contributed by atoms with Crippen molar-refractivity contribution >= 4 is 0 Å². The van der Waals surface area contributed by atoms with Crippen LogP contribution in [0.25, 0.3) is 0 Å². The molecule has 0 saturated heterocycles. The van der Waals surface area contributed by atoms with E-state index in [1.807, 2.05) is 0 Å². The summed E-state index contributed by atoms with van der Waals surface area (Å²) in [6, 6.07) is 0. The number of halogens is 3. The molecule has 0 aliphatic rings. The highest BCUT2D eigenvalue weighted by molar-refractivity contribution is 5.04. The average molecular weight is 134 g/mol. The summed E-state index contributed by atoms with van der Waals surface area (Å²) in [7, 11) is 0. The van der Waals surface area contributed by atoms with Crippen LogP contribution in [0.5, 0.6) is 0 Å². The van der Waals surface area contributed by atoms with Crippen molar-refractivity contribution in [1.29, 1.82) is 0 Å². The van der Waals surface area contributed by atoms with Crippen molar-refractivity contribution in [2.75, 3.05) is 0 Å². The lowest BCUT2D eigenvalue weighted by molar-refractivity contribution is 0.424. The molecule has 0 aliphatic carbocycles. The normalized spacial score (nSPS) is 10.4. The molecule has 0 aromatic rings. The molecule has 0 aliphatic heterocycles. The molecule has 0 bridgehead atoms. The smallest absolute Gasteiger partial charge is 0.212 e. The summed E-state index contributed by atoms with van der Waals surface area (Å²) >= 11 is 0. The Balaban J connectivity index is 4.04. The maximum atomic E-state index is 11.7. The average Bonchev–Trinajstić information content (AvgIpc) is 1.63. The highest BCUT2D eigenvalue weighted by atomic mass is 19.3. The third-order valence-electron chi connectivity index (χ3n) is 0.505. The van der Waals surface area contributed by atoms with Gasteiger partial charge in [0.2, 0.25) is 0 Å². The van der Waals surface area contributed by atoms with Gasteiger partial charge in [-0.15, -0.1) is 0 Å². The molecule has 0 unspecified atom stereocenters. The molecule has 0 amide bonds. The third-order valence-corrected chi connectivity index (χ3v) is 0.505. The zero-order valence-electron chi connectivity index (χ0n) is 4.79. The first-order valence-corrected chi connectivity index (χ1v) is 2.23. The van der Waals surface area contributed by atoms with E-state index in [1.54, 1.807) is 0 Å². The molecule has 3 heteroatoms. The molecule has 9 heavy (non-hydrogen) atoms. The Kier molecular flexibility index (Phi) is 3.56. The van der Waals surface area contributed by atoms with E-state index in [0.717, 1.165) is 19.1 Å². The van der Waals surface area contributed by atoms with Gasteiger partial charge in [-0.25, -0.2) is 4.39 Å². The summed E-state index contributed by atoms with van der Waals surface area (Å²) < 4.78 is 33.9. The van der Waals surface area contributed by atoms with Gasteiger partial charge in [-0.05, 0) is 19.1 Å². The Hall–Kier alpha value is -0.950. The van der Waals surface area contributed by atoms with Crippen LogP contribution in [0.4, 0.5) is 13.2 Å². The first kappa shape index (κ1) is 8.05. The van der Waals surface area contributed by atoms with Crippen LogP contribution in [0, 0.1) is 0 Å². The van der Waals surface area contributed by atoms with Crippen LogP contribution in [0.2, 0.25) is 0 Å². The second kappa shape index (κ2) is 3.98. The molecule has 0 saturated carbocycles. The van der Waals surface area contributed by atoms with Crippen LogP contribution >= 0.6 is 0 Å². The Bertz CT molecular complexity index is 165. The quantitative estimate of drug-likeness (QED) is 0.382. The lowest BCUT2D eigenvalue weighted by Crippen LogP contribution is -1.54. The zero-order valence-corrected chi connectivity index (χ0v) is 4.79. The molecule has 0 aromatic heterocycles. The summed E-state index contributed by atoms with van der Waals surface area (Å²) in [6.45, 7) is 1.16. The molecule has 50 valence electrons. The summed E-state index contributed by atoms with van der Waals surface area (Å²) in [4.78, 5) is 0. The van der Waals surface area contributed by atoms with Gasteiger partial charge in [0.05, 0.1) is 5.83 Å². The maximum Gasteiger partial charge on any atom is 0.313 e. The Morgan fingerprint density at radius 3 is 2.22 bits per heavy atom. The van der Waals surface area contributed by atoms with E-state index in [2.05, 4.69) is 0 Å². The Morgan fingerprint density at radius 1 is 1.33 bits per heavy atom.